The van der Waals surface area contributed by atoms with E-state index in [1.54, 1.807) is 0 Å². The molecule has 0 spiro atoms. The Labute approximate surface area is 385 Å². The fourth-order valence-corrected chi connectivity index (χ4v) is 13.3. The minimum Gasteiger partial charge on any atom is -0.238 e. The number of fused-ring (bicyclic) bond motifs is 3. The van der Waals surface area contributed by atoms with Crippen LogP contribution in [0.15, 0.2) is 194 Å². The molecule has 1 heterocycles. The van der Waals surface area contributed by atoms with Crippen molar-refractivity contribution in [1.82, 2.24) is 15.0 Å². The molecule has 4 fully saturated rings. The highest BCUT2D eigenvalue weighted by molar-refractivity contribution is 6.09. The molecule has 4 nitrogen and oxygen atoms in total. The molecule has 2 unspecified atom stereocenters. The monoisotopic (exact) mass is 846 g/mol. The van der Waals surface area contributed by atoms with Crippen molar-refractivity contribution < 1.29 is 0 Å². The highest BCUT2D eigenvalue weighted by Gasteiger charge is 2.59. The summed E-state index contributed by atoms with van der Waals surface area (Å²) in [5.74, 6) is 3.40. The summed E-state index contributed by atoms with van der Waals surface area (Å²) in [7, 11) is 0. The van der Waals surface area contributed by atoms with Crippen LogP contribution in [0.5, 0.6) is 0 Å². The first-order chi connectivity index (χ1) is 32.5. The second-order valence-electron chi connectivity index (χ2n) is 19.3. The maximum Gasteiger partial charge on any atom is 0.187 e. The predicted octanol–water partition coefficient (Wildman–Crippen LogP) is 16.0. The molecule has 9 aromatic carbocycles. The van der Waals surface area contributed by atoms with Gasteiger partial charge in [0.1, 0.15) is 0 Å². The zero-order chi connectivity index (χ0) is 43.8. The molecule has 4 saturated carbocycles. The van der Waals surface area contributed by atoms with Crippen molar-refractivity contribution in [1.29, 1.82) is 0 Å². The van der Waals surface area contributed by atoms with Crippen molar-refractivity contribution in [2.45, 2.75) is 49.4 Å². The molecular weight excluding hydrogens is 801 g/mol. The average Bonchev–Trinajstić information content (AvgIpc) is 3.37. The minimum atomic E-state index is 0.101. The molecule has 66 heavy (non-hydrogen) atoms. The molecule has 2 atom stereocenters. The zero-order valence-corrected chi connectivity index (χ0v) is 36.7. The Bertz CT molecular complexity index is 3520. The van der Waals surface area contributed by atoms with E-state index in [-0.39, 0.29) is 10.8 Å². The summed E-state index contributed by atoms with van der Waals surface area (Å²) in [5.41, 5.74) is 11.7. The van der Waals surface area contributed by atoms with E-state index in [4.69, 9.17) is 21.5 Å². The van der Waals surface area contributed by atoms with Crippen LogP contribution in [0, 0.1) is 18.4 Å². The molecule has 0 amide bonds. The van der Waals surface area contributed by atoms with Gasteiger partial charge < -0.3 is 0 Å². The summed E-state index contributed by atoms with van der Waals surface area (Å²) < 4.78 is 0. The quantitative estimate of drug-likeness (QED) is 0.150. The summed E-state index contributed by atoms with van der Waals surface area (Å²) in [6, 6.07) is 69.9. The van der Waals surface area contributed by atoms with Crippen molar-refractivity contribution in [3.05, 3.63) is 217 Å². The highest BCUT2D eigenvalue weighted by Crippen LogP contribution is 2.67. The lowest BCUT2D eigenvalue weighted by atomic mass is 9.41. The first-order valence-electron chi connectivity index (χ1n) is 23.5. The van der Waals surface area contributed by atoms with Crippen molar-refractivity contribution in [3.8, 4) is 56.4 Å². The first-order valence-corrected chi connectivity index (χ1v) is 23.5. The Kier molecular flexibility index (Phi) is 8.90. The molecule has 0 saturated heterocycles. The third-order valence-electron chi connectivity index (χ3n) is 15.5. The summed E-state index contributed by atoms with van der Waals surface area (Å²) in [6.07, 6.45) is 7.56. The maximum absolute atomic E-state index is 7.67. The highest BCUT2D eigenvalue weighted by atomic mass is 15.0. The van der Waals surface area contributed by atoms with Crippen LogP contribution in [0.3, 0.4) is 0 Å². The van der Waals surface area contributed by atoms with E-state index in [1.165, 1.54) is 93.3 Å². The fourth-order valence-electron chi connectivity index (χ4n) is 13.3. The van der Waals surface area contributed by atoms with Gasteiger partial charge >= 0.3 is 0 Å². The van der Waals surface area contributed by atoms with E-state index < -0.39 is 0 Å². The van der Waals surface area contributed by atoms with E-state index in [0.29, 0.717) is 35.0 Å². The molecule has 0 radical (unpaired) electrons. The SMILES string of the molecule is [C-]#[N+]c1cccc(-c2ccc(C34CC5CC(C3)CC(c3ccc(-c6cccc7c(-c8nc(-c9ccccc9)nc(-c9ccccc9)n8)cccc67)c6ccccc36)(C5)C4)c3ccccc23)c1. The lowest BCUT2D eigenvalue weighted by Crippen LogP contribution is -2.56. The number of aromatic nitrogens is 3. The van der Waals surface area contributed by atoms with Crippen molar-refractivity contribution in [3.63, 3.8) is 0 Å². The number of hydrogen-bond donors (Lipinski definition) is 0. The van der Waals surface area contributed by atoms with E-state index >= 15 is 0 Å². The molecule has 4 bridgehead atoms. The Morgan fingerprint density at radius 3 is 1.39 bits per heavy atom. The van der Waals surface area contributed by atoms with Crippen molar-refractivity contribution >= 4 is 38.0 Å². The summed E-state index contributed by atoms with van der Waals surface area (Å²) in [4.78, 5) is 19.0. The Hall–Kier alpha value is -7.74. The van der Waals surface area contributed by atoms with Crippen molar-refractivity contribution in [2.24, 2.45) is 11.8 Å². The zero-order valence-electron chi connectivity index (χ0n) is 36.7. The van der Waals surface area contributed by atoms with Gasteiger partial charge in [-0.3, -0.25) is 0 Å². The number of rotatable bonds is 7. The fraction of sp³-hybridized carbons (Fsp3) is 0.161. The minimum absolute atomic E-state index is 0.101. The standard InChI is InChI=1S/C62H46N4/c1-63-45-20-12-19-44(34-45)46-29-31-56(53-23-10-8-21-47(46)53)61-35-40-33-41(36-61)38-62(37-40,39-61)57-32-30-52(50-22-9-11-24-54(50)57)49-25-13-27-51-48(49)26-14-28-55(51)60-65-58(42-15-4-2-5-16-42)64-59(66-60)43-17-6-3-7-18-43/h2-32,34,40-41H,33,35-39H2. The summed E-state index contributed by atoms with van der Waals surface area (Å²) in [5, 5.41) is 7.66. The number of hydrogen-bond acceptors (Lipinski definition) is 3. The van der Waals surface area contributed by atoms with Gasteiger partial charge in [0.2, 0.25) is 0 Å². The van der Waals surface area contributed by atoms with Crippen LogP contribution in [-0.4, -0.2) is 15.0 Å². The van der Waals surface area contributed by atoms with Gasteiger partial charge in [0, 0.05) is 16.7 Å². The van der Waals surface area contributed by atoms with Crippen LogP contribution in [0.25, 0.3) is 93.6 Å². The van der Waals surface area contributed by atoms with E-state index in [2.05, 4.69) is 144 Å². The smallest absolute Gasteiger partial charge is 0.187 e. The molecule has 0 N–H and O–H groups in total. The van der Waals surface area contributed by atoms with E-state index in [1.807, 2.05) is 54.6 Å². The Morgan fingerprint density at radius 1 is 0.379 bits per heavy atom. The molecule has 4 aliphatic carbocycles. The van der Waals surface area contributed by atoms with Crippen molar-refractivity contribution in [2.75, 3.05) is 0 Å². The van der Waals surface area contributed by atoms with Crippen LogP contribution in [0.4, 0.5) is 5.69 Å². The second kappa shape index (κ2) is 15.2. The molecule has 14 rings (SSSR count). The molecule has 1 aromatic heterocycles. The van der Waals surface area contributed by atoms with Gasteiger partial charge in [-0.1, -0.05) is 188 Å². The van der Waals surface area contributed by atoms with Gasteiger partial charge in [-0.25, -0.2) is 19.8 Å². The first kappa shape index (κ1) is 38.7. The third-order valence-corrected chi connectivity index (χ3v) is 15.5. The topological polar surface area (TPSA) is 43.0 Å². The van der Waals surface area contributed by atoms with Gasteiger partial charge in [-0.2, -0.15) is 0 Å². The lowest BCUT2D eigenvalue weighted by molar-refractivity contribution is -0.0268. The van der Waals surface area contributed by atoms with Gasteiger partial charge in [0.05, 0.1) is 6.57 Å². The molecule has 0 aliphatic heterocycles. The Morgan fingerprint density at radius 2 is 0.803 bits per heavy atom. The average molecular weight is 847 g/mol. The van der Waals surface area contributed by atoms with Crippen LogP contribution in [0.2, 0.25) is 0 Å². The summed E-state index contributed by atoms with van der Waals surface area (Å²) in [6.45, 7) is 7.67. The molecule has 314 valence electrons. The number of nitrogens with zero attached hydrogens (tertiary/aromatic N) is 4. The van der Waals surface area contributed by atoms with Crippen LogP contribution >= 0.6 is 0 Å². The van der Waals surface area contributed by atoms with Crippen LogP contribution < -0.4 is 0 Å². The Balaban J connectivity index is 0.925. The number of benzene rings is 9. The van der Waals surface area contributed by atoms with Crippen LogP contribution in [0.1, 0.15) is 49.7 Å². The van der Waals surface area contributed by atoms with Gasteiger partial charge in [-0.05, 0) is 133 Å². The lowest BCUT2D eigenvalue weighted by Gasteiger charge is -2.63. The molecule has 4 aliphatic rings. The van der Waals surface area contributed by atoms with Crippen LogP contribution in [-0.2, 0) is 10.8 Å². The molecular formula is C62H46N4. The predicted molar refractivity (Wildman–Crippen MR) is 270 cm³/mol. The van der Waals surface area contributed by atoms with Gasteiger partial charge in [-0.15, -0.1) is 0 Å². The maximum atomic E-state index is 7.67. The third kappa shape index (κ3) is 6.22. The van der Waals surface area contributed by atoms with E-state index in [0.717, 1.165) is 27.6 Å². The summed E-state index contributed by atoms with van der Waals surface area (Å²) >= 11 is 0. The van der Waals surface area contributed by atoms with Gasteiger partial charge in [0.25, 0.3) is 0 Å². The molecule has 4 heteroatoms. The molecule has 10 aromatic rings. The largest absolute Gasteiger partial charge is 0.238 e. The van der Waals surface area contributed by atoms with Gasteiger partial charge in [0.15, 0.2) is 23.2 Å². The normalized spacial score (nSPS) is 20.8. The second-order valence-corrected chi connectivity index (χ2v) is 19.3. The van der Waals surface area contributed by atoms with E-state index in [9.17, 15) is 0 Å².